The van der Waals surface area contributed by atoms with Crippen LogP contribution >= 0.6 is 0 Å². The summed E-state index contributed by atoms with van der Waals surface area (Å²) in [7, 11) is 0. The maximum absolute atomic E-state index is 13.4. The molecule has 7 N–H and O–H groups in total. The van der Waals surface area contributed by atoms with Gasteiger partial charge in [-0.2, -0.15) is 0 Å². The second-order valence-electron chi connectivity index (χ2n) is 14.8. The van der Waals surface area contributed by atoms with Gasteiger partial charge in [-0.3, -0.25) is 34.4 Å². The fourth-order valence-electron chi connectivity index (χ4n) is 5.58. The van der Waals surface area contributed by atoms with Gasteiger partial charge >= 0.3 is 17.9 Å². The maximum atomic E-state index is 13.4. The minimum absolute atomic E-state index is 0.0380. The van der Waals surface area contributed by atoms with Crippen LogP contribution in [0.15, 0.2) is 35.8 Å². The third kappa shape index (κ3) is 15.3. The van der Waals surface area contributed by atoms with E-state index in [2.05, 4.69) is 31.8 Å². The number of carboxylic acid groups (broad SMARTS) is 2. The van der Waals surface area contributed by atoms with Gasteiger partial charge in [0.2, 0.25) is 11.8 Å². The Bertz CT molecular complexity index is 1470. The lowest BCUT2D eigenvalue weighted by molar-refractivity contribution is -0.159. The van der Waals surface area contributed by atoms with Gasteiger partial charge < -0.3 is 30.9 Å². The van der Waals surface area contributed by atoms with E-state index in [1.165, 1.54) is 6.92 Å². The van der Waals surface area contributed by atoms with Gasteiger partial charge in [0.15, 0.2) is 11.6 Å². The number of carboxylic acids is 2. The lowest BCUT2D eigenvalue weighted by Crippen LogP contribution is -2.55. The summed E-state index contributed by atoms with van der Waals surface area (Å²) in [5.74, 6) is -4.90. The number of nitrogens with zero attached hydrogens (tertiary/aromatic N) is 1. The molecule has 0 spiro atoms. The van der Waals surface area contributed by atoms with Crippen molar-refractivity contribution in [1.82, 2.24) is 31.8 Å². The number of carbonyl (C=O) groups excluding carboxylic acids is 5. The Morgan fingerprint density at radius 1 is 0.923 bits per heavy atom. The summed E-state index contributed by atoms with van der Waals surface area (Å²) >= 11 is 0. The predicted octanol–water partition coefficient (Wildman–Crippen LogP) is 1.73. The van der Waals surface area contributed by atoms with Crippen LogP contribution < -0.4 is 26.8 Å². The molecule has 1 aromatic rings. The molecule has 0 bridgehead atoms. The van der Waals surface area contributed by atoms with Crippen LogP contribution in [-0.4, -0.2) is 92.8 Å². The first-order valence-corrected chi connectivity index (χ1v) is 17.4. The Hall–Kier alpha value is -4.70. The number of pyridine rings is 1. The van der Waals surface area contributed by atoms with Crippen molar-refractivity contribution in [2.45, 2.75) is 130 Å². The number of aliphatic carboxylic acids is 2. The Morgan fingerprint density at radius 2 is 1.56 bits per heavy atom. The highest BCUT2D eigenvalue weighted by atomic mass is 16.6. The van der Waals surface area contributed by atoms with E-state index >= 15 is 0 Å². The highest BCUT2D eigenvalue weighted by Gasteiger charge is 2.37. The number of unbranched alkanes of at least 4 members (excludes halogenated alkanes) is 1. The number of hydrogen-bond donors (Lipinski definition) is 7. The van der Waals surface area contributed by atoms with Crippen LogP contribution in [0, 0.1) is 5.41 Å². The van der Waals surface area contributed by atoms with Crippen molar-refractivity contribution in [2.75, 3.05) is 6.54 Å². The second kappa shape index (κ2) is 19.8. The van der Waals surface area contributed by atoms with Crippen LogP contribution in [-0.2, 0) is 44.7 Å². The largest absolute Gasteiger partial charge is 0.481 e. The van der Waals surface area contributed by atoms with Crippen LogP contribution in [0.3, 0.4) is 0 Å². The number of allylic oxidation sites excluding steroid dienone is 2. The van der Waals surface area contributed by atoms with Crippen LogP contribution in [0.1, 0.15) is 99.0 Å². The van der Waals surface area contributed by atoms with Crippen LogP contribution in [0.5, 0.6) is 0 Å². The highest BCUT2D eigenvalue weighted by molar-refractivity contribution is 6.22. The van der Waals surface area contributed by atoms with Gasteiger partial charge in [-0.05, 0) is 83.8 Å². The number of carbonyl (C=O) groups is 7. The van der Waals surface area contributed by atoms with E-state index in [1.54, 1.807) is 52.2 Å². The highest BCUT2D eigenvalue weighted by Crippen LogP contribution is 2.34. The topological polar surface area (TPSA) is 242 Å². The summed E-state index contributed by atoms with van der Waals surface area (Å²) in [5, 5.41) is 26.9. The number of rotatable bonds is 20. The van der Waals surface area contributed by atoms with Crippen LogP contribution in [0.2, 0.25) is 0 Å². The van der Waals surface area contributed by atoms with Crippen molar-refractivity contribution in [3.63, 3.8) is 0 Å². The molecule has 1 aliphatic rings. The van der Waals surface area contributed by atoms with E-state index in [1.807, 2.05) is 13.8 Å². The molecule has 0 saturated heterocycles. The average molecular weight is 731 g/mol. The van der Waals surface area contributed by atoms with E-state index in [0.29, 0.717) is 24.9 Å². The van der Waals surface area contributed by atoms with Crippen LogP contribution in [0.4, 0.5) is 0 Å². The van der Waals surface area contributed by atoms with Crippen molar-refractivity contribution in [1.29, 1.82) is 0 Å². The van der Waals surface area contributed by atoms with E-state index in [9.17, 15) is 38.7 Å². The summed E-state index contributed by atoms with van der Waals surface area (Å²) in [5.41, 5.74) is 5.62. The Kier molecular flexibility index (Phi) is 16.5. The predicted molar refractivity (Wildman–Crippen MR) is 189 cm³/mol. The molecule has 0 aliphatic heterocycles. The molecule has 1 aromatic heterocycles. The summed E-state index contributed by atoms with van der Waals surface area (Å²) in [4.78, 5) is 91.6. The lowest BCUT2D eigenvalue weighted by Gasteiger charge is -2.30. The summed E-state index contributed by atoms with van der Waals surface area (Å²) in [6.07, 6.45) is 4.15. The van der Waals surface area contributed by atoms with Gasteiger partial charge in [-0.25, -0.2) is 15.0 Å². The number of ether oxygens (including phenoxy) is 1. The van der Waals surface area contributed by atoms with E-state index in [0.717, 1.165) is 0 Å². The number of esters is 1. The molecular weight excluding hydrogens is 676 g/mol. The third-order valence-electron chi connectivity index (χ3n) is 8.11. The number of Topliss-reactive ketones (excluding diaryl/α,β-unsaturated/α-hetero) is 2. The monoisotopic (exact) mass is 730 g/mol. The van der Waals surface area contributed by atoms with Crippen molar-refractivity contribution in [3.8, 4) is 0 Å². The molecule has 0 radical (unpaired) electrons. The standard InChI is InChI=1S/C36H54N6O10/c1-21(30-27(43)18-36(6,7)19-28(30)44)39-22(2)31(47)40-24(33(49)50)12-8-9-16-38-42-26(17-23-11-10-15-37-20-23)32(48)41-25(13-14-29(45)46)34(51)52-35(3,4)5/h10-11,15,20,22,24-26,38-39,42H,8-9,12-14,16-19H2,1-7H3,(H,40,47)(H,41,48)(H,45,46)(H,49,50)/t22-,24-,25-,26-/m0/s1. The molecule has 2 rings (SSSR count). The molecule has 1 heterocycles. The van der Waals surface area contributed by atoms with Gasteiger partial charge in [0.1, 0.15) is 29.8 Å². The fourth-order valence-corrected chi connectivity index (χ4v) is 5.58. The van der Waals surface area contributed by atoms with Gasteiger partial charge in [0.05, 0.1) is 5.57 Å². The zero-order valence-corrected chi connectivity index (χ0v) is 31.1. The summed E-state index contributed by atoms with van der Waals surface area (Å²) < 4.78 is 5.39. The number of ketones is 2. The minimum atomic E-state index is -1.22. The number of hydrazine groups is 1. The van der Waals surface area contributed by atoms with Gasteiger partial charge in [-0.1, -0.05) is 19.9 Å². The first-order chi connectivity index (χ1) is 24.2. The number of amides is 2. The smallest absolute Gasteiger partial charge is 0.329 e. The summed E-state index contributed by atoms with van der Waals surface area (Å²) in [6.45, 7) is 12.0. The molecule has 4 atom stereocenters. The lowest BCUT2D eigenvalue weighted by atomic mass is 9.73. The zero-order valence-electron chi connectivity index (χ0n) is 31.1. The van der Waals surface area contributed by atoms with Crippen molar-refractivity contribution in [3.05, 3.63) is 41.4 Å². The number of hydrogen-bond acceptors (Lipinski definition) is 12. The molecule has 1 saturated carbocycles. The van der Waals surface area contributed by atoms with Crippen molar-refractivity contribution >= 4 is 41.3 Å². The third-order valence-corrected chi connectivity index (χ3v) is 8.11. The van der Waals surface area contributed by atoms with Crippen molar-refractivity contribution in [2.24, 2.45) is 5.41 Å². The molecule has 16 nitrogen and oxygen atoms in total. The zero-order chi connectivity index (χ0) is 39.2. The molecule has 1 fully saturated rings. The quantitative estimate of drug-likeness (QED) is 0.0332. The van der Waals surface area contributed by atoms with E-state index in [4.69, 9.17) is 9.84 Å². The second-order valence-corrected chi connectivity index (χ2v) is 14.8. The Labute approximate surface area is 304 Å². The van der Waals surface area contributed by atoms with Gasteiger partial charge in [0, 0.05) is 43.9 Å². The molecule has 1 aliphatic carbocycles. The number of aromatic nitrogens is 1. The molecule has 0 aromatic carbocycles. The molecule has 288 valence electrons. The fraction of sp³-hybridized carbons (Fsp3) is 0.611. The van der Waals surface area contributed by atoms with Crippen LogP contribution in [0.25, 0.3) is 0 Å². The van der Waals surface area contributed by atoms with E-state index in [-0.39, 0.29) is 61.4 Å². The normalized spacial score (nSPS) is 16.6. The minimum Gasteiger partial charge on any atom is -0.481 e. The number of nitrogens with one attached hydrogen (secondary N) is 5. The van der Waals surface area contributed by atoms with Crippen molar-refractivity contribution < 1.29 is 48.5 Å². The molecule has 16 heteroatoms. The molecule has 0 unspecified atom stereocenters. The first-order valence-electron chi connectivity index (χ1n) is 17.4. The first kappa shape index (κ1) is 43.5. The molecule has 52 heavy (non-hydrogen) atoms. The summed E-state index contributed by atoms with van der Waals surface area (Å²) in [6, 6.07) is -0.751. The SMILES string of the molecule is CC(N[C@@H](C)C(=O)N[C@@H](CCCCNN[C@@H](Cc1cccnc1)C(=O)N[C@@H](CCC(=O)O)C(=O)OC(C)(C)C)C(=O)O)=C1C(=O)CC(C)(C)CC1=O. The molecular formula is C36H54N6O10. The Morgan fingerprint density at radius 3 is 2.12 bits per heavy atom. The van der Waals surface area contributed by atoms with Gasteiger partial charge in [0.25, 0.3) is 0 Å². The van der Waals surface area contributed by atoms with E-state index < -0.39 is 64.9 Å². The van der Waals surface area contributed by atoms with Gasteiger partial charge in [-0.15, -0.1) is 0 Å². The average Bonchev–Trinajstić information content (AvgIpc) is 3.01. The Balaban J connectivity index is 1.96. The maximum Gasteiger partial charge on any atom is 0.329 e. The molecule has 2 amide bonds.